The Morgan fingerprint density at radius 1 is 1.18 bits per heavy atom. The van der Waals surface area contributed by atoms with Gasteiger partial charge < -0.3 is 10.1 Å². The molecule has 172 valence electrons. The minimum absolute atomic E-state index is 0.0430. The quantitative estimate of drug-likeness (QED) is 0.149. The number of carbonyl (C=O) groups is 2. The SMILES string of the molecule is COc1ccc(-n2c(CCCNC(C)=O)nnc2SCC(=O)c2cccc([N+](=O)[O-])c2)cc1. The van der Waals surface area contributed by atoms with Crippen LogP contribution in [0.4, 0.5) is 5.69 Å². The average Bonchev–Trinajstić information content (AvgIpc) is 3.22. The van der Waals surface area contributed by atoms with Gasteiger partial charge in [-0.15, -0.1) is 10.2 Å². The first-order chi connectivity index (χ1) is 15.9. The van der Waals surface area contributed by atoms with Gasteiger partial charge in [-0.2, -0.15) is 0 Å². The van der Waals surface area contributed by atoms with Gasteiger partial charge >= 0.3 is 0 Å². The maximum absolute atomic E-state index is 12.6. The highest BCUT2D eigenvalue weighted by Gasteiger charge is 2.18. The lowest BCUT2D eigenvalue weighted by atomic mass is 10.1. The maximum atomic E-state index is 12.6. The van der Waals surface area contributed by atoms with Crippen molar-refractivity contribution in [2.75, 3.05) is 19.4 Å². The Hall–Kier alpha value is -3.73. The number of carbonyl (C=O) groups excluding carboxylic acids is 2. The smallest absolute Gasteiger partial charge is 0.270 e. The summed E-state index contributed by atoms with van der Waals surface area (Å²) in [7, 11) is 1.59. The molecule has 3 rings (SSSR count). The van der Waals surface area contributed by atoms with Gasteiger partial charge in [0.25, 0.3) is 5.69 Å². The van der Waals surface area contributed by atoms with Crippen LogP contribution in [0.25, 0.3) is 5.69 Å². The number of thioether (sulfide) groups is 1. The molecule has 0 aliphatic carbocycles. The summed E-state index contributed by atoms with van der Waals surface area (Å²) < 4.78 is 7.08. The van der Waals surface area contributed by atoms with Gasteiger partial charge in [0.2, 0.25) is 5.91 Å². The number of Topliss-reactive ketones (excluding diaryl/α,β-unsaturated/α-hetero) is 1. The van der Waals surface area contributed by atoms with E-state index in [1.165, 1.54) is 36.9 Å². The lowest BCUT2D eigenvalue weighted by molar-refractivity contribution is -0.384. The lowest BCUT2D eigenvalue weighted by Gasteiger charge is -2.11. The van der Waals surface area contributed by atoms with Gasteiger partial charge in [-0.05, 0) is 30.7 Å². The molecule has 0 saturated carbocycles. The fourth-order valence-electron chi connectivity index (χ4n) is 3.06. The summed E-state index contributed by atoms with van der Waals surface area (Å²) in [6.07, 6.45) is 1.24. The molecule has 0 saturated heterocycles. The van der Waals surface area contributed by atoms with Crippen LogP contribution in [-0.4, -0.2) is 50.8 Å². The summed E-state index contributed by atoms with van der Waals surface area (Å²) >= 11 is 1.20. The van der Waals surface area contributed by atoms with E-state index in [0.717, 1.165) is 5.69 Å². The van der Waals surface area contributed by atoms with Crippen LogP contribution in [0.2, 0.25) is 0 Å². The third kappa shape index (κ3) is 6.39. The monoisotopic (exact) mass is 469 g/mol. The summed E-state index contributed by atoms with van der Waals surface area (Å²) in [5, 5.41) is 22.8. The van der Waals surface area contributed by atoms with Crippen LogP contribution in [0, 0.1) is 10.1 Å². The normalized spacial score (nSPS) is 10.6. The summed E-state index contributed by atoms with van der Waals surface area (Å²) in [6.45, 7) is 1.98. The first-order valence-corrected chi connectivity index (χ1v) is 11.1. The first-order valence-electron chi connectivity index (χ1n) is 10.1. The highest BCUT2D eigenvalue weighted by molar-refractivity contribution is 7.99. The number of nitro groups is 1. The van der Waals surface area contributed by atoms with E-state index in [1.807, 2.05) is 28.8 Å². The molecule has 2 aromatic carbocycles. The van der Waals surface area contributed by atoms with Crippen molar-refractivity contribution in [3.05, 3.63) is 70.0 Å². The van der Waals surface area contributed by atoms with E-state index in [1.54, 1.807) is 13.2 Å². The van der Waals surface area contributed by atoms with E-state index in [4.69, 9.17) is 4.74 Å². The molecule has 0 aliphatic rings. The molecule has 0 spiro atoms. The van der Waals surface area contributed by atoms with Crippen LogP contribution in [0.3, 0.4) is 0 Å². The van der Waals surface area contributed by atoms with Crippen molar-refractivity contribution < 1.29 is 19.2 Å². The number of aryl methyl sites for hydroxylation is 1. The van der Waals surface area contributed by atoms with Crippen LogP contribution < -0.4 is 10.1 Å². The van der Waals surface area contributed by atoms with Crippen LogP contribution in [0.1, 0.15) is 29.5 Å². The summed E-state index contributed by atoms with van der Waals surface area (Å²) in [5.41, 5.74) is 0.942. The molecule has 0 fully saturated rings. The van der Waals surface area contributed by atoms with Gasteiger partial charge in [0.1, 0.15) is 11.6 Å². The average molecular weight is 470 g/mol. The number of hydrogen-bond acceptors (Lipinski definition) is 8. The Kier molecular flexibility index (Phi) is 8.14. The molecular weight excluding hydrogens is 446 g/mol. The van der Waals surface area contributed by atoms with E-state index in [-0.39, 0.29) is 28.7 Å². The van der Waals surface area contributed by atoms with Crippen LogP contribution in [0.5, 0.6) is 5.75 Å². The van der Waals surface area contributed by atoms with Crippen LogP contribution in [0.15, 0.2) is 53.7 Å². The molecule has 1 N–H and O–H groups in total. The molecular formula is C22H23N5O5S. The minimum Gasteiger partial charge on any atom is -0.497 e. The highest BCUT2D eigenvalue weighted by atomic mass is 32.2. The number of ketones is 1. The maximum Gasteiger partial charge on any atom is 0.270 e. The highest BCUT2D eigenvalue weighted by Crippen LogP contribution is 2.25. The molecule has 1 aromatic heterocycles. The van der Waals surface area contributed by atoms with Crippen molar-refractivity contribution in [3.63, 3.8) is 0 Å². The van der Waals surface area contributed by atoms with Gasteiger partial charge in [-0.3, -0.25) is 24.3 Å². The van der Waals surface area contributed by atoms with Gasteiger partial charge in [0.05, 0.1) is 17.8 Å². The number of nitrogens with one attached hydrogen (secondary N) is 1. The number of rotatable bonds is 11. The van der Waals surface area contributed by atoms with E-state index < -0.39 is 4.92 Å². The first kappa shape index (κ1) is 23.9. The van der Waals surface area contributed by atoms with Crippen molar-refractivity contribution >= 4 is 29.1 Å². The number of hydrogen-bond donors (Lipinski definition) is 1. The van der Waals surface area contributed by atoms with Crippen molar-refractivity contribution in [1.82, 2.24) is 20.1 Å². The van der Waals surface area contributed by atoms with Crippen molar-refractivity contribution in [2.45, 2.75) is 24.9 Å². The molecule has 3 aromatic rings. The Morgan fingerprint density at radius 2 is 1.94 bits per heavy atom. The van der Waals surface area contributed by atoms with Gasteiger partial charge in [-0.25, -0.2) is 0 Å². The lowest BCUT2D eigenvalue weighted by Crippen LogP contribution is -2.21. The predicted octanol–water partition coefficient (Wildman–Crippen LogP) is 3.23. The Balaban J connectivity index is 1.80. The van der Waals surface area contributed by atoms with Gasteiger partial charge in [-0.1, -0.05) is 23.9 Å². The molecule has 0 aliphatic heterocycles. The van der Waals surface area contributed by atoms with E-state index in [0.29, 0.717) is 36.1 Å². The molecule has 0 unspecified atom stereocenters. The molecule has 0 bridgehead atoms. The topological polar surface area (TPSA) is 129 Å². The second kappa shape index (κ2) is 11.2. The third-order valence-electron chi connectivity index (χ3n) is 4.69. The van der Waals surface area contributed by atoms with Crippen molar-refractivity contribution in [2.24, 2.45) is 0 Å². The number of benzene rings is 2. The summed E-state index contributed by atoms with van der Waals surface area (Å²) in [5.74, 6) is 1.09. The van der Waals surface area contributed by atoms with Crippen LogP contribution >= 0.6 is 11.8 Å². The van der Waals surface area contributed by atoms with E-state index in [9.17, 15) is 19.7 Å². The number of nitro benzene ring substituents is 1. The van der Waals surface area contributed by atoms with Gasteiger partial charge in [0, 0.05) is 43.3 Å². The Labute approximate surface area is 194 Å². The zero-order valence-electron chi connectivity index (χ0n) is 18.2. The number of ether oxygens (including phenoxy) is 1. The minimum atomic E-state index is -0.530. The zero-order valence-corrected chi connectivity index (χ0v) is 19.0. The molecule has 0 atom stereocenters. The Bertz CT molecular complexity index is 1150. The number of non-ortho nitro benzene ring substituents is 1. The third-order valence-corrected chi connectivity index (χ3v) is 5.62. The number of amides is 1. The molecule has 1 heterocycles. The molecule has 10 nitrogen and oxygen atoms in total. The molecule has 1 amide bonds. The fraction of sp³-hybridized carbons (Fsp3) is 0.273. The van der Waals surface area contributed by atoms with E-state index in [2.05, 4.69) is 15.5 Å². The molecule has 0 radical (unpaired) electrons. The van der Waals surface area contributed by atoms with E-state index >= 15 is 0 Å². The number of nitrogens with zero attached hydrogens (tertiary/aromatic N) is 4. The van der Waals surface area contributed by atoms with Gasteiger partial charge in [0.15, 0.2) is 10.9 Å². The molecule has 33 heavy (non-hydrogen) atoms. The van der Waals surface area contributed by atoms with Crippen molar-refractivity contribution in [1.29, 1.82) is 0 Å². The summed E-state index contributed by atoms with van der Waals surface area (Å²) in [6, 6.07) is 13.0. The van der Waals surface area contributed by atoms with Crippen LogP contribution in [-0.2, 0) is 11.2 Å². The Morgan fingerprint density at radius 3 is 2.61 bits per heavy atom. The summed E-state index contributed by atoms with van der Waals surface area (Å²) in [4.78, 5) is 34.2. The largest absolute Gasteiger partial charge is 0.497 e. The second-order valence-electron chi connectivity index (χ2n) is 7.04. The molecule has 11 heteroatoms. The second-order valence-corrected chi connectivity index (χ2v) is 7.98. The number of aromatic nitrogens is 3. The standard InChI is InChI=1S/C22H23N5O5S/c1-15(28)23-12-4-7-21-24-25-22(26(21)17-8-10-19(32-2)11-9-17)33-14-20(29)16-5-3-6-18(13-16)27(30)31/h3,5-6,8-11,13H,4,7,12,14H2,1-2H3,(H,23,28). The predicted molar refractivity (Wildman–Crippen MR) is 123 cm³/mol. The van der Waals surface area contributed by atoms with Crippen molar-refractivity contribution in [3.8, 4) is 11.4 Å². The number of methoxy groups -OCH3 is 1. The fourth-order valence-corrected chi connectivity index (χ4v) is 3.93. The zero-order chi connectivity index (χ0) is 23.8.